The predicted octanol–water partition coefficient (Wildman–Crippen LogP) is 1.60. The Hall–Kier alpha value is -2.08. The number of anilines is 2. The molecule has 3 rings (SSSR count). The third kappa shape index (κ3) is 4.51. The average Bonchev–Trinajstić information content (AvgIpc) is 3.42. The second-order valence-corrected chi connectivity index (χ2v) is 7.34. The fourth-order valence-electron chi connectivity index (χ4n) is 3.21. The molecule has 1 saturated carbocycles. The highest BCUT2D eigenvalue weighted by molar-refractivity contribution is 6.39. The standard InChI is InChI=1S/C19H28N4O2/c1-13-12-16(23-10-8-22(3)9-11-23)6-7-17(13)21-19(25)18(24)20-14(2)15-4-5-15/h6-7,12,14-15H,4-5,8-11H2,1-3H3,(H,20,24)(H,21,25)/t14-/m0/s1. The van der Waals surface area contributed by atoms with E-state index >= 15 is 0 Å². The van der Waals surface area contributed by atoms with Gasteiger partial charge in [-0.05, 0) is 63.4 Å². The van der Waals surface area contributed by atoms with Crippen LogP contribution in [0.2, 0.25) is 0 Å². The zero-order valence-electron chi connectivity index (χ0n) is 15.3. The van der Waals surface area contributed by atoms with Crippen molar-refractivity contribution < 1.29 is 9.59 Å². The van der Waals surface area contributed by atoms with Crippen LogP contribution in [0, 0.1) is 12.8 Å². The second kappa shape index (κ2) is 7.44. The van der Waals surface area contributed by atoms with Crippen LogP contribution in [0.5, 0.6) is 0 Å². The first-order valence-electron chi connectivity index (χ1n) is 9.10. The highest BCUT2D eigenvalue weighted by Gasteiger charge is 2.30. The smallest absolute Gasteiger partial charge is 0.313 e. The highest BCUT2D eigenvalue weighted by atomic mass is 16.2. The van der Waals surface area contributed by atoms with E-state index in [1.165, 1.54) is 0 Å². The Labute approximate surface area is 149 Å². The lowest BCUT2D eigenvalue weighted by molar-refractivity contribution is -0.136. The van der Waals surface area contributed by atoms with Crippen molar-refractivity contribution in [2.24, 2.45) is 5.92 Å². The van der Waals surface area contributed by atoms with Crippen molar-refractivity contribution in [3.05, 3.63) is 23.8 Å². The van der Waals surface area contributed by atoms with Crippen LogP contribution in [0.15, 0.2) is 18.2 Å². The summed E-state index contributed by atoms with van der Waals surface area (Å²) in [6, 6.07) is 6.04. The van der Waals surface area contributed by atoms with E-state index in [0.29, 0.717) is 11.6 Å². The zero-order valence-corrected chi connectivity index (χ0v) is 15.3. The molecule has 0 aromatic heterocycles. The van der Waals surface area contributed by atoms with Gasteiger partial charge in [0.2, 0.25) is 0 Å². The minimum atomic E-state index is -0.594. The van der Waals surface area contributed by atoms with Gasteiger partial charge in [-0.1, -0.05) is 0 Å². The summed E-state index contributed by atoms with van der Waals surface area (Å²) in [7, 11) is 2.14. The molecule has 1 aromatic rings. The van der Waals surface area contributed by atoms with Crippen LogP contribution in [0.3, 0.4) is 0 Å². The van der Waals surface area contributed by atoms with E-state index in [1.807, 2.05) is 26.0 Å². The normalized spacial score (nSPS) is 19.4. The summed E-state index contributed by atoms with van der Waals surface area (Å²) in [6.45, 7) is 8.03. The predicted molar refractivity (Wildman–Crippen MR) is 99.8 cm³/mol. The van der Waals surface area contributed by atoms with Crippen molar-refractivity contribution in [1.82, 2.24) is 10.2 Å². The molecule has 6 heteroatoms. The fraction of sp³-hybridized carbons (Fsp3) is 0.579. The number of aryl methyl sites for hydroxylation is 1. The van der Waals surface area contributed by atoms with E-state index in [1.54, 1.807) is 0 Å². The lowest BCUT2D eigenvalue weighted by Gasteiger charge is -2.34. The van der Waals surface area contributed by atoms with Gasteiger partial charge in [-0.2, -0.15) is 0 Å². The van der Waals surface area contributed by atoms with Gasteiger partial charge < -0.3 is 20.4 Å². The maximum atomic E-state index is 12.1. The number of piperazine rings is 1. The highest BCUT2D eigenvalue weighted by Crippen LogP contribution is 2.32. The molecule has 0 bridgehead atoms. The van der Waals surface area contributed by atoms with E-state index in [2.05, 4.69) is 33.5 Å². The van der Waals surface area contributed by atoms with E-state index in [0.717, 1.165) is 50.3 Å². The number of nitrogens with one attached hydrogen (secondary N) is 2. The molecule has 2 N–H and O–H groups in total. The lowest BCUT2D eigenvalue weighted by atomic mass is 10.1. The Morgan fingerprint density at radius 1 is 1.12 bits per heavy atom. The van der Waals surface area contributed by atoms with Crippen molar-refractivity contribution in [2.45, 2.75) is 32.7 Å². The molecular formula is C19H28N4O2. The quantitative estimate of drug-likeness (QED) is 0.815. The summed E-state index contributed by atoms with van der Waals surface area (Å²) in [5, 5.41) is 5.52. The molecule has 1 aliphatic heterocycles. The number of benzene rings is 1. The lowest BCUT2D eigenvalue weighted by Crippen LogP contribution is -2.44. The van der Waals surface area contributed by atoms with Crippen LogP contribution in [0.25, 0.3) is 0 Å². The van der Waals surface area contributed by atoms with E-state index in [-0.39, 0.29) is 6.04 Å². The first-order valence-corrected chi connectivity index (χ1v) is 9.10. The number of amides is 2. The molecule has 1 atom stereocenters. The molecule has 6 nitrogen and oxygen atoms in total. The number of carbonyl (C=O) groups is 2. The van der Waals surface area contributed by atoms with Gasteiger partial charge in [0, 0.05) is 43.6 Å². The third-order valence-corrected chi connectivity index (χ3v) is 5.22. The summed E-state index contributed by atoms with van der Waals surface area (Å²) in [6.07, 6.45) is 2.27. The summed E-state index contributed by atoms with van der Waals surface area (Å²) in [5.41, 5.74) is 2.82. The van der Waals surface area contributed by atoms with Gasteiger partial charge in [-0.3, -0.25) is 9.59 Å². The van der Waals surface area contributed by atoms with Gasteiger partial charge in [0.15, 0.2) is 0 Å². The van der Waals surface area contributed by atoms with Gasteiger partial charge >= 0.3 is 11.8 Å². The maximum absolute atomic E-state index is 12.1. The Morgan fingerprint density at radius 2 is 1.80 bits per heavy atom. The van der Waals surface area contributed by atoms with Crippen LogP contribution in [0.4, 0.5) is 11.4 Å². The van der Waals surface area contributed by atoms with Crippen LogP contribution in [-0.2, 0) is 9.59 Å². The van der Waals surface area contributed by atoms with Crippen LogP contribution in [0.1, 0.15) is 25.3 Å². The van der Waals surface area contributed by atoms with E-state index in [9.17, 15) is 9.59 Å². The molecule has 0 unspecified atom stereocenters. The summed E-state index contributed by atoms with van der Waals surface area (Å²) in [4.78, 5) is 28.8. The van der Waals surface area contributed by atoms with Crippen molar-refractivity contribution in [3.8, 4) is 0 Å². The number of rotatable bonds is 4. The fourth-order valence-corrected chi connectivity index (χ4v) is 3.21. The Balaban J connectivity index is 1.58. The van der Waals surface area contributed by atoms with Crippen molar-refractivity contribution in [2.75, 3.05) is 43.4 Å². The molecule has 0 radical (unpaired) electrons. The first kappa shape index (κ1) is 17.7. The molecule has 1 heterocycles. The number of likely N-dealkylation sites (N-methyl/N-ethyl adjacent to an activating group) is 1. The molecule has 1 aliphatic carbocycles. The first-order chi connectivity index (χ1) is 11.9. The molecule has 2 aliphatic rings. The Bertz CT molecular complexity index is 649. The molecule has 2 fully saturated rings. The van der Waals surface area contributed by atoms with Gasteiger partial charge in [-0.15, -0.1) is 0 Å². The Kier molecular flexibility index (Phi) is 5.27. The number of carbonyl (C=O) groups excluding carboxylic acids is 2. The van der Waals surface area contributed by atoms with Crippen LogP contribution in [-0.4, -0.2) is 56.0 Å². The molecule has 136 valence electrons. The van der Waals surface area contributed by atoms with Gasteiger partial charge in [0.25, 0.3) is 0 Å². The van der Waals surface area contributed by atoms with Crippen LogP contribution >= 0.6 is 0 Å². The topological polar surface area (TPSA) is 64.7 Å². The minimum absolute atomic E-state index is 0.0685. The zero-order chi connectivity index (χ0) is 18.0. The number of hydrogen-bond acceptors (Lipinski definition) is 4. The maximum Gasteiger partial charge on any atom is 0.313 e. The van der Waals surface area contributed by atoms with Crippen molar-refractivity contribution >= 4 is 23.2 Å². The molecule has 0 spiro atoms. The average molecular weight is 344 g/mol. The SMILES string of the molecule is Cc1cc(N2CCN(C)CC2)ccc1NC(=O)C(=O)N[C@@H](C)C1CC1. The molecule has 25 heavy (non-hydrogen) atoms. The molecular weight excluding hydrogens is 316 g/mol. The minimum Gasteiger partial charge on any atom is -0.369 e. The van der Waals surface area contributed by atoms with Gasteiger partial charge in [0.1, 0.15) is 0 Å². The largest absolute Gasteiger partial charge is 0.369 e. The van der Waals surface area contributed by atoms with Gasteiger partial charge in [-0.25, -0.2) is 0 Å². The Morgan fingerprint density at radius 3 is 2.40 bits per heavy atom. The number of nitrogens with zero attached hydrogens (tertiary/aromatic N) is 2. The van der Waals surface area contributed by atoms with E-state index in [4.69, 9.17) is 0 Å². The van der Waals surface area contributed by atoms with Crippen molar-refractivity contribution in [1.29, 1.82) is 0 Å². The summed E-state index contributed by atoms with van der Waals surface area (Å²) >= 11 is 0. The van der Waals surface area contributed by atoms with E-state index < -0.39 is 11.8 Å². The number of hydrogen-bond donors (Lipinski definition) is 2. The summed E-state index contributed by atoms with van der Waals surface area (Å²) in [5.74, 6) is -0.619. The monoisotopic (exact) mass is 344 g/mol. The third-order valence-electron chi connectivity index (χ3n) is 5.22. The molecule has 1 aromatic carbocycles. The molecule has 1 saturated heterocycles. The summed E-state index contributed by atoms with van der Waals surface area (Å²) < 4.78 is 0. The second-order valence-electron chi connectivity index (χ2n) is 7.34. The molecule has 2 amide bonds. The van der Waals surface area contributed by atoms with Crippen molar-refractivity contribution in [3.63, 3.8) is 0 Å². The van der Waals surface area contributed by atoms with Gasteiger partial charge in [0.05, 0.1) is 0 Å². The van der Waals surface area contributed by atoms with Crippen LogP contribution < -0.4 is 15.5 Å².